The van der Waals surface area contributed by atoms with Gasteiger partial charge in [0.2, 0.25) is 5.95 Å². The number of nitrogens with two attached hydrogens (primary N) is 2. The molecule has 0 radical (unpaired) electrons. The van der Waals surface area contributed by atoms with Gasteiger partial charge in [-0.2, -0.15) is 4.98 Å². The molecule has 0 spiro atoms. The fraction of sp³-hybridized carbons (Fsp3) is 0.0625. The lowest BCUT2D eigenvalue weighted by Crippen LogP contribution is -2.04. The van der Waals surface area contributed by atoms with Gasteiger partial charge in [-0.3, -0.25) is 0 Å². The molecule has 0 amide bonds. The van der Waals surface area contributed by atoms with Crippen molar-refractivity contribution in [2.75, 3.05) is 11.5 Å². The Morgan fingerprint density at radius 1 is 1.04 bits per heavy atom. The van der Waals surface area contributed by atoms with Gasteiger partial charge in [0, 0.05) is 5.69 Å². The third-order valence-electron chi connectivity index (χ3n) is 3.63. The van der Waals surface area contributed by atoms with Crippen LogP contribution in [0.3, 0.4) is 0 Å². The summed E-state index contributed by atoms with van der Waals surface area (Å²) in [6.45, 7) is 0.553. The molecule has 4 N–H and O–H groups in total. The summed E-state index contributed by atoms with van der Waals surface area (Å²) in [5, 5.41) is 0. The molecule has 3 aromatic heterocycles. The first-order valence-corrected chi connectivity index (χ1v) is 7.08. The van der Waals surface area contributed by atoms with Crippen LogP contribution in [0.25, 0.3) is 22.6 Å². The molecule has 0 unspecified atom stereocenters. The molecule has 1 aromatic carbocycles. The highest BCUT2D eigenvalue weighted by atomic mass is 16.3. The molecule has 0 fully saturated rings. The Morgan fingerprint density at radius 2 is 1.91 bits per heavy atom. The summed E-state index contributed by atoms with van der Waals surface area (Å²) >= 11 is 0. The number of hydrogen-bond acceptors (Lipinski definition) is 6. The molecule has 0 saturated carbocycles. The second-order valence-electron chi connectivity index (χ2n) is 5.15. The van der Waals surface area contributed by atoms with E-state index in [0.29, 0.717) is 29.2 Å². The number of aromatic nitrogens is 4. The van der Waals surface area contributed by atoms with E-state index < -0.39 is 0 Å². The predicted octanol–water partition coefficient (Wildman–Crippen LogP) is 2.30. The maximum absolute atomic E-state index is 6.01. The highest BCUT2D eigenvalue weighted by Gasteiger charge is 2.16. The van der Waals surface area contributed by atoms with E-state index in [1.165, 1.54) is 0 Å². The summed E-state index contributed by atoms with van der Waals surface area (Å²) in [6, 6.07) is 11.3. The standard InChI is InChI=1S/C16H14N6O/c17-11-5-2-1-4-10(11)8-22-9-19-14-13(12-6-3-7-23-12)20-16(18)21-15(14)22/h1-7,9H,8,17H2,(H2,18,20,21). The first-order chi connectivity index (χ1) is 11.2. The van der Waals surface area contributed by atoms with E-state index in [2.05, 4.69) is 15.0 Å². The molecule has 114 valence electrons. The maximum Gasteiger partial charge on any atom is 0.222 e. The van der Waals surface area contributed by atoms with Crippen LogP contribution < -0.4 is 11.5 Å². The summed E-state index contributed by atoms with van der Waals surface area (Å²) in [4.78, 5) is 13.0. The maximum atomic E-state index is 6.01. The highest BCUT2D eigenvalue weighted by Crippen LogP contribution is 2.26. The normalized spacial score (nSPS) is 11.1. The molecule has 7 nitrogen and oxygen atoms in total. The van der Waals surface area contributed by atoms with Crippen molar-refractivity contribution in [1.29, 1.82) is 0 Å². The monoisotopic (exact) mass is 306 g/mol. The van der Waals surface area contributed by atoms with Gasteiger partial charge in [0.25, 0.3) is 0 Å². The topological polar surface area (TPSA) is 109 Å². The van der Waals surface area contributed by atoms with Crippen LogP contribution in [0, 0.1) is 0 Å². The number of hydrogen-bond donors (Lipinski definition) is 2. The number of rotatable bonds is 3. The Bertz CT molecular complexity index is 974. The summed E-state index contributed by atoms with van der Waals surface area (Å²) in [5.74, 6) is 0.778. The molecule has 3 heterocycles. The summed E-state index contributed by atoms with van der Waals surface area (Å²) in [7, 11) is 0. The van der Waals surface area contributed by atoms with E-state index in [4.69, 9.17) is 15.9 Å². The smallest absolute Gasteiger partial charge is 0.222 e. The molecular formula is C16H14N6O. The van der Waals surface area contributed by atoms with Gasteiger partial charge in [-0.05, 0) is 23.8 Å². The number of fused-ring (bicyclic) bond motifs is 1. The summed E-state index contributed by atoms with van der Waals surface area (Å²) < 4.78 is 7.31. The van der Waals surface area contributed by atoms with Crippen LogP contribution in [0.2, 0.25) is 0 Å². The zero-order valence-electron chi connectivity index (χ0n) is 12.2. The van der Waals surface area contributed by atoms with Crippen molar-refractivity contribution in [3.8, 4) is 11.5 Å². The number of imidazole rings is 1. The highest BCUT2D eigenvalue weighted by molar-refractivity contribution is 5.86. The SMILES string of the molecule is Nc1nc(-c2ccco2)c2ncn(Cc3ccccc3N)c2n1. The first-order valence-electron chi connectivity index (χ1n) is 7.08. The quantitative estimate of drug-likeness (QED) is 0.562. The van der Waals surface area contributed by atoms with Gasteiger partial charge < -0.3 is 20.5 Å². The summed E-state index contributed by atoms with van der Waals surface area (Å²) in [6.07, 6.45) is 3.29. The van der Waals surface area contributed by atoms with Crippen LogP contribution in [0.4, 0.5) is 11.6 Å². The van der Waals surface area contributed by atoms with E-state index in [-0.39, 0.29) is 5.95 Å². The zero-order valence-corrected chi connectivity index (χ0v) is 12.2. The molecule has 0 saturated heterocycles. The largest absolute Gasteiger partial charge is 0.463 e. The van der Waals surface area contributed by atoms with E-state index in [1.807, 2.05) is 34.9 Å². The minimum atomic E-state index is 0.173. The van der Waals surface area contributed by atoms with Gasteiger partial charge in [-0.25, -0.2) is 9.97 Å². The van der Waals surface area contributed by atoms with E-state index in [9.17, 15) is 0 Å². The Kier molecular flexibility index (Phi) is 2.97. The fourth-order valence-corrected chi connectivity index (χ4v) is 2.52. The number of anilines is 2. The molecule has 23 heavy (non-hydrogen) atoms. The Balaban J connectivity index is 1.85. The van der Waals surface area contributed by atoms with E-state index in [0.717, 1.165) is 11.3 Å². The lowest BCUT2D eigenvalue weighted by atomic mass is 10.2. The van der Waals surface area contributed by atoms with Gasteiger partial charge in [-0.15, -0.1) is 0 Å². The predicted molar refractivity (Wildman–Crippen MR) is 87.4 cm³/mol. The van der Waals surface area contributed by atoms with Crippen LogP contribution >= 0.6 is 0 Å². The van der Waals surface area contributed by atoms with Crippen LogP contribution in [0.5, 0.6) is 0 Å². The van der Waals surface area contributed by atoms with Crippen molar-refractivity contribution in [3.05, 3.63) is 54.6 Å². The van der Waals surface area contributed by atoms with Gasteiger partial charge in [0.15, 0.2) is 11.4 Å². The fourth-order valence-electron chi connectivity index (χ4n) is 2.52. The van der Waals surface area contributed by atoms with Crippen molar-refractivity contribution in [2.45, 2.75) is 6.54 Å². The lowest BCUT2D eigenvalue weighted by molar-refractivity contribution is 0.580. The second kappa shape index (κ2) is 5.13. The average Bonchev–Trinajstić information content (AvgIpc) is 3.19. The minimum absolute atomic E-state index is 0.173. The Morgan fingerprint density at radius 3 is 2.70 bits per heavy atom. The number of benzene rings is 1. The number of para-hydroxylation sites is 1. The summed E-state index contributed by atoms with van der Waals surface area (Å²) in [5.41, 5.74) is 15.4. The molecule has 0 atom stereocenters. The molecule has 0 aliphatic rings. The molecule has 7 heteroatoms. The average molecular weight is 306 g/mol. The van der Waals surface area contributed by atoms with E-state index in [1.54, 1.807) is 18.7 Å². The van der Waals surface area contributed by atoms with Gasteiger partial charge in [0.1, 0.15) is 11.2 Å². The second-order valence-corrected chi connectivity index (χ2v) is 5.15. The van der Waals surface area contributed by atoms with Gasteiger partial charge in [0.05, 0.1) is 19.1 Å². The third-order valence-corrected chi connectivity index (χ3v) is 3.63. The number of nitrogens with zero attached hydrogens (tertiary/aromatic N) is 4. The molecular weight excluding hydrogens is 292 g/mol. The Hall–Kier alpha value is -3.35. The van der Waals surface area contributed by atoms with Crippen molar-refractivity contribution in [3.63, 3.8) is 0 Å². The van der Waals surface area contributed by atoms with Crippen LogP contribution in [0.15, 0.2) is 53.4 Å². The first kappa shape index (κ1) is 13.3. The molecule has 4 aromatic rings. The number of furan rings is 1. The molecule has 0 aliphatic carbocycles. The zero-order chi connectivity index (χ0) is 15.8. The number of nitrogen functional groups attached to an aromatic ring is 2. The molecule has 0 aliphatic heterocycles. The van der Waals surface area contributed by atoms with Crippen molar-refractivity contribution in [1.82, 2.24) is 19.5 Å². The lowest BCUT2D eigenvalue weighted by Gasteiger charge is -2.07. The Labute approximate surface area is 131 Å². The van der Waals surface area contributed by atoms with Crippen LogP contribution in [-0.2, 0) is 6.54 Å². The van der Waals surface area contributed by atoms with Crippen LogP contribution in [0.1, 0.15) is 5.56 Å². The van der Waals surface area contributed by atoms with E-state index >= 15 is 0 Å². The van der Waals surface area contributed by atoms with Crippen molar-refractivity contribution in [2.24, 2.45) is 0 Å². The van der Waals surface area contributed by atoms with Crippen LogP contribution in [-0.4, -0.2) is 19.5 Å². The van der Waals surface area contributed by atoms with Crippen molar-refractivity contribution < 1.29 is 4.42 Å². The van der Waals surface area contributed by atoms with Crippen molar-refractivity contribution >= 4 is 22.8 Å². The third kappa shape index (κ3) is 2.28. The minimum Gasteiger partial charge on any atom is -0.463 e. The molecule has 4 rings (SSSR count). The molecule has 0 bridgehead atoms. The van der Waals surface area contributed by atoms with Gasteiger partial charge >= 0.3 is 0 Å². The van der Waals surface area contributed by atoms with Gasteiger partial charge in [-0.1, -0.05) is 18.2 Å².